The van der Waals surface area contributed by atoms with E-state index in [-0.39, 0.29) is 12.2 Å². The summed E-state index contributed by atoms with van der Waals surface area (Å²) in [5.74, 6) is -0.315. The van der Waals surface area contributed by atoms with Crippen LogP contribution in [-0.4, -0.2) is 15.8 Å². The first-order valence-corrected chi connectivity index (χ1v) is 8.29. The number of fused-ring (bicyclic) bond motifs is 1. The fourth-order valence-electron chi connectivity index (χ4n) is 1.42. The van der Waals surface area contributed by atoms with Gasteiger partial charge in [0.1, 0.15) is 12.1 Å². The fourth-order valence-corrected chi connectivity index (χ4v) is 2.95. The maximum atomic E-state index is 13.6. The van der Waals surface area contributed by atoms with Crippen molar-refractivity contribution >= 4 is 45.6 Å². The Kier molecular flexibility index (Phi) is 3.31. The Hall–Kier alpha value is -0.550. The number of carbonyl (C=O) groups excluding carboxylic acids is 1. The summed E-state index contributed by atoms with van der Waals surface area (Å²) in [4.78, 5) is 10.4. The molecular weight excluding hydrogens is 329 g/mol. The number of aromatic nitrogens is 2. The molecule has 15 heavy (non-hydrogen) atoms. The van der Waals surface area contributed by atoms with E-state index in [1.807, 2.05) is 6.07 Å². The van der Waals surface area contributed by atoms with Gasteiger partial charge in [0.15, 0.2) is 0 Å². The second-order valence-electron chi connectivity index (χ2n) is 3.02. The van der Waals surface area contributed by atoms with Crippen LogP contribution in [0.25, 0.3) is 10.9 Å². The van der Waals surface area contributed by atoms with Crippen LogP contribution in [0.15, 0.2) is 18.3 Å². The lowest BCUT2D eigenvalue weighted by Crippen LogP contribution is -1.90. The molecule has 0 saturated carbocycles. The van der Waals surface area contributed by atoms with E-state index in [2.05, 4.69) is 27.1 Å². The van der Waals surface area contributed by atoms with Gasteiger partial charge in [-0.3, -0.25) is 0 Å². The van der Waals surface area contributed by atoms with Crippen LogP contribution in [0, 0.1) is 5.82 Å². The lowest BCUT2D eigenvalue weighted by Gasteiger charge is -2.00. The van der Waals surface area contributed by atoms with E-state index in [1.165, 1.54) is 12.3 Å². The first kappa shape index (κ1) is 11.0. The molecule has 3 nitrogen and oxygen atoms in total. The van der Waals surface area contributed by atoms with Gasteiger partial charge in [-0.2, -0.15) is 5.10 Å². The summed E-state index contributed by atoms with van der Waals surface area (Å²) in [6.45, 7) is 0. The number of aldehydes is 1. The Labute approximate surface area is 100 Å². The lowest BCUT2D eigenvalue weighted by molar-refractivity contribution is -0.107. The number of carbonyl (C=O) groups is 1. The van der Waals surface area contributed by atoms with Gasteiger partial charge >= 0.3 is 0 Å². The highest BCUT2D eigenvalue weighted by molar-refractivity contribution is 14.2. The summed E-state index contributed by atoms with van der Waals surface area (Å²) in [5, 5.41) is 4.58. The Morgan fingerprint density at radius 3 is 3.07 bits per heavy atom. The smallest absolute Gasteiger partial charge is 0.134 e. The second kappa shape index (κ2) is 4.53. The summed E-state index contributed by atoms with van der Waals surface area (Å²) in [7, 11) is 0. The van der Waals surface area contributed by atoms with Crippen molar-refractivity contribution in [2.75, 3.05) is 0 Å². The van der Waals surface area contributed by atoms with Crippen LogP contribution in [-0.2, 0) is 11.2 Å². The molecule has 0 spiro atoms. The number of benzene rings is 1. The Bertz CT molecular complexity index is 514. The predicted molar refractivity (Wildman–Crippen MR) is 67.2 cm³/mol. The van der Waals surface area contributed by atoms with Crippen LogP contribution in [0.5, 0.6) is 0 Å². The van der Waals surface area contributed by atoms with Gasteiger partial charge in [0, 0.05) is 6.42 Å². The molecule has 0 amide bonds. The maximum Gasteiger partial charge on any atom is 0.134 e. The topological polar surface area (TPSA) is 34.9 Å². The standard InChI is InChI=1S/C9H7FIN2OP/c10-8-3-6(1-2-14)4-9-7(8)5-12-13(9)15-11/h2-5,15H,1H2. The third-order valence-corrected chi connectivity index (χ3v) is 3.98. The van der Waals surface area contributed by atoms with Crippen LogP contribution in [0.3, 0.4) is 0 Å². The Morgan fingerprint density at radius 2 is 2.40 bits per heavy atom. The van der Waals surface area contributed by atoms with E-state index in [1.54, 1.807) is 4.45 Å². The van der Waals surface area contributed by atoms with Gasteiger partial charge < -0.3 is 4.79 Å². The molecule has 6 heteroatoms. The van der Waals surface area contributed by atoms with E-state index in [4.69, 9.17) is 0 Å². The Balaban J connectivity index is 2.65. The van der Waals surface area contributed by atoms with E-state index < -0.39 is 0 Å². The molecule has 0 bridgehead atoms. The van der Waals surface area contributed by atoms with E-state index in [9.17, 15) is 9.18 Å². The quantitative estimate of drug-likeness (QED) is 0.491. The van der Waals surface area contributed by atoms with Crippen molar-refractivity contribution in [3.05, 3.63) is 29.7 Å². The van der Waals surface area contributed by atoms with E-state index >= 15 is 0 Å². The maximum absolute atomic E-state index is 13.6. The zero-order valence-corrected chi connectivity index (χ0v) is 10.7. The third-order valence-electron chi connectivity index (χ3n) is 2.10. The molecule has 1 unspecified atom stereocenters. The molecule has 0 aliphatic carbocycles. The van der Waals surface area contributed by atoms with Gasteiger partial charge in [0.05, 0.1) is 23.5 Å². The van der Waals surface area contributed by atoms with Crippen molar-refractivity contribution in [3.8, 4) is 0 Å². The second-order valence-corrected chi connectivity index (χ2v) is 5.06. The summed E-state index contributed by atoms with van der Waals surface area (Å²) in [5.41, 5.74) is 1.44. The molecule has 1 heterocycles. The van der Waals surface area contributed by atoms with Crippen LogP contribution in [0.4, 0.5) is 4.39 Å². The fraction of sp³-hybridized carbons (Fsp3) is 0.111. The van der Waals surface area contributed by atoms with Crippen LogP contribution in [0.2, 0.25) is 0 Å². The molecule has 1 aromatic heterocycles. The molecular formula is C9H7FIN2OP. The normalized spacial score (nSPS) is 11.6. The lowest BCUT2D eigenvalue weighted by atomic mass is 10.1. The molecule has 2 rings (SSSR count). The highest BCUT2D eigenvalue weighted by Gasteiger charge is 2.08. The van der Waals surface area contributed by atoms with Crippen LogP contribution >= 0.6 is 28.4 Å². The van der Waals surface area contributed by atoms with Crippen LogP contribution in [0.1, 0.15) is 5.56 Å². The van der Waals surface area contributed by atoms with E-state index in [0.717, 1.165) is 11.8 Å². The van der Waals surface area contributed by atoms with Gasteiger partial charge in [-0.05, 0) is 39.7 Å². The van der Waals surface area contributed by atoms with Gasteiger partial charge in [-0.25, -0.2) is 8.84 Å². The SMILES string of the molecule is O=CCc1cc(F)c2cnn(PI)c2c1. The minimum atomic E-state index is -0.315. The molecule has 78 valence electrons. The highest BCUT2D eigenvalue weighted by atomic mass is 127. The van der Waals surface area contributed by atoms with Crippen LogP contribution < -0.4 is 0 Å². The summed E-state index contributed by atoms with van der Waals surface area (Å²) in [6, 6.07) is 3.20. The largest absolute Gasteiger partial charge is 0.303 e. The summed E-state index contributed by atoms with van der Waals surface area (Å²) in [6.07, 6.45) is 2.95. The number of nitrogens with zero attached hydrogens (tertiary/aromatic N) is 2. The minimum Gasteiger partial charge on any atom is -0.303 e. The summed E-state index contributed by atoms with van der Waals surface area (Å²) >= 11 is 2.18. The van der Waals surface area contributed by atoms with Crippen molar-refractivity contribution in [1.82, 2.24) is 9.55 Å². The average Bonchev–Trinajstić information content (AvgIpc) is 2.61. The number of hydrogen-bond donors (Lipinski definition) is 0. The molecule has 0 saturated heterocycles. The number of hydrogen-bond acceptors (Lipinski definition) is 2. The average molecular weight is 336 g/mol. The van der Waals surface area contributed by atoms with Gasteiger partial charge in [0.25, 0.3) is 0 Å². The van der Waals surface area contributed by atoms with E-state index in [0.29, 0.717) is 17.3 Å². The molecule has 2 aromatic rings. The van der Waals surface area contributed by atoms with Crippen molar-refractivity contribution < 1.29 is 9.18 Å². The third kappa shape index (κ3) is 2.03. The monoisotopic (exact) mass is 336 g/mol. The highest BCUT2D eigenvalue weighted by Crippen LogP contribution is 2.29. The zero-order chi connectivity index (χ0) is 10.8. The predicted octanol–water partition coefficient (Wildman–Crippen LogP) is 2.71. The van der Waals surface area contributed by atoms with Crippen molar-refractivity contribution in [2.45, 2.75) is 6.42 Å². The summed E-state index contributed by atoms with van der Waals surface area (Å²) < 4.78 is 15.3. The first-order valence-electron chi connectivity index (χ1n) is 4.22. The zero-order valence-electron chi connectivity index (χ0n) is 7.58. The van der Waals surface area contributed by atoms with Crippen molar-refractivity contribution in [1.29, 1.82) is 0 Å². The Morgan fingerprint density at radius 1 is 1.60 bits per heavy atom. The molecule has 0 aliphatic heterocycles. The molecule has 1 aromatic carbocycles. The first-order chi connectivity index (χ1) is 7.26. The molecule has 0 aliphatic rings. The molecule has 0 N–H and O–H groups in total. The van der Waals surface area contributed by atoms with Gasteiger partial charge in [-0.15, -0.1) is 0 Å². The minimum absolute atomic E-state index is 0.238. The molecule has 0 fully saturated rings. The van der Waals surface area contributed by atoms with Crippen molar-refractivity contribution in [3.63, 3.8) is 0 Å². The number of halogens is 2. The van der Waals surface area contributed by atoms with Gasteiger partial charge in [-0.1, -0.05) is 0 Å². The van der Waals surface area contributed by atoms with Crippen molar-refractivity contribution in [2.24, 2.45) is 0 Å². The number of rotatable bonds is 3. The van der Waals surface area contributed by atoms with Gasteiger partial charge in [0.2, 0.25) is 0 Å². The molecule has 1 atom stereocenters. The molecule has 0 radical (unpaired) electrons.